The Morgan fingerprint density at radius 2 is 1.89 bits per heavy atom. The predicted molar refractivity (Wildman–Crippen MR) is 78.4 cm³/mol. The summed E-state index contributed by atoms with van der Waals surface area (Å²) in [5, 5.41) is 3.09. The molecule has 102 valence electrons. The van der Waals surface area contributed by atoms with Gasteiger partial charge in [-0.1, -0.05) is 31.4 Å². The number of anilines is 1. The number of hydrogen-bond donors (Lipinski definition) is 1. The summed E-state index contributed by atoms with van der Waals surface area (Å²) in [6, 6.07) is 6.57. The molecule has 1 N–H and O–H groups in total. The van der Waals surface area contributed by atoms with Crippen LogP contribution in [-0.4, -0.2) is 5.91 Å². The lowest BCUT2D eigenvalue weighted by atomic mass is 9.75. The maximum atomic E-state index is 11.9. The molecule has 0 spiro atoms. The van der Waals surface area contributed by atoms with Crippen molar-refractivity contribution in [2.75, 3.05) is 5.32 Å². The normalized spacial score (nSPS) is 24.5. The molecule has 2 nitrogen and oxygen atoms in total. The summed E-state index contributed by atoms with van der Waals surface area (Å²) in [7, 11) is 0. The van der Waals surface area contributed by atoms with Gasteiger partial charge < -0.3 is 5.32 Å². The van der Waals surface area contributed by atoms with Crippen LogP contribution in [0.15, 0.2) is 18.2 Å². The third-order valence-corrected chi connectivity index (χ3v) is 4.78. The standard InChI is InChI=1S/C17H23NO/c1-12-7-8-15-14(13-5-3-2-4-6-13)9-10-17(19)18-16(15)11-12/h7-8,11,13-14H,2-6,9-10H2,1H3,(H,18,19)/t14-/m0/s1. The minimum atomic E-state index is 0.185. The first-order valence-electron chi connectivity index (χ1n) is 7.64. The lowest BCUT2D eigenvalue weighted by Crippen LogP contribution is -2.16. The smallest absolute Gasteiger partial charge is 0.224 e. The lowest BCUT2D eigenvalue weighted by Gasteiger charge is -2.30. The fourth-order valence-electron chi connectivity index (χ4n) is 3.78. The molecule has 3 rings (SSSR count). The summed E-state index contributed by atoms with van der Waals surface area (Å²) in [5.41, 5.74) is 3.67. The van der Waals surface area contributed by atoms with Crippen molar-refractivity contribution in [1.29, 1.82) is 0 Å². The zero-order valence-electron chi connectivity index (χ0n) is 11.7. The molecule has 1 aromatic rings. The minimum absolute atomic E-state index is 0.185. The predicted octanol–water partition coefficient (Wildman–Crippen LogP) is 4.39. The van der Waals surface area contributed by atoms with Crippen LogP contribution in [0.5, 0.6) is 0 Å². The van der Waals surface area contributed by atoms with Crippen molar-refractivity contribution >= 4 is 11.6 Å². The highest BCUT2D eigenvalue weighted by atomic mass is 16.1. The SMILES string of the molecule is Cc1ccc2c(c1)NC(=O)CC[C@H]2C1CCCCC1. The topological polar surface area (TPSA) is 29.1 Å². The van der Waals surface area contributed by atoms with E-state index in [-0.39, 0.29) is 5.91 Å². The maximum absolute atomic E-state index is 11.9. The summed E-state index contributed by atoms with van der Waals surface area (Å²) in [6.45, 7) is 2.09. The van der Waals surface area contributed by atoms with Crippen LogP contribution in [-0.2, 0) is 4.79 Å². The Kier molecular flexibility index (Phi) is 3.58. The fraction of sp³-hybridized carbons (Fsp3) is 0.588. The van der Waals surface area contributed by atoms with E-state index in [1.54, 1.807) is 0 Å². The molecule has 0 radical (unpaired) electrons. The second kappa shape index (κ2) is 5.36. The molecular formula is C17H23NO. The summed E-state index contributed by atoms with van der Waals surface area (Å²) < 4.78 is 0. The van der Waals surface area contributed by atoms with Gasteiger partial charge in [0.25, 0.3) is 0 Å². The Bertz CT molecular complexity index is 474. The zero-order chi connectivity index (χ0) is 13.2. The summed E-state index contributed by atoms with van der Waals surface area (Å²) >= 11 is 0. The van der Waals surface area contributed by atoms with Crippen LogP contribution in [0.2, 0.25) is 0 Å². The van der Waals surface area contributed by atoms with E-state index in [9.17, 15) is 4.79 Å². The van der Waals surface area contributed by atoms with E-state index in [4.69, 9.17) is 0 Å². The monoisotopic (exact) mass is 257 g/mol. The number of carbonyl (C=O) groups is 1. The highest BCUT2D eigenvalue weighted by molar-refractivity contribution is 5.92. The second-order valence-corrected chi connectivity index (χ2v) is 6.18. The van der Waals surface area contributed by atoms with E-state index in [1.165, 1.54) is 43.2 Å². The molecule has 1 fully saturated rings. The van der Waals surface area contributed by atoms with Crippen LogP contribution >= 0.6 is 0 Å². The average Bonchev–Trinajstić information content (AvgIpc) is 2.57. The van der Waals surface area contributed by atoms with E-state index >= 15 is 0 Å². The van der Waals surface area contributed by atoms with Gasteiger partial charge in [-0.25, -0.2) is 0 Å². The molecule has 1 saturated carbocycles. The number of hydrogen-bond acceptors (Lipinski definition) is 1. The van der Waals surface area contributed by atoms with Crippen molar-refractivity contribution in [2.24, 2.45) is 5.92 Å². The molecule has 0 bridgehead atoms. The van der Waals surface area contributed by atoms with E-state index in [0.29, 0.717) is 12.3 Å². The molecule has 1 atom stereocenters. The number of nitrogens with one attached hydrogen (secondary N) is 1. The third kappa shape index (κ3) is 2.68. The molecule has 0 unspecified atom stereocenters. The molecule has 19 heavy (non-hydrogen) atoms. The molecular weight excluding hydrogens is 234 g/mol. The van der Waals surface area contributed by atoms with Gasteiger partial charge in [0.1, 0.15) is 0 Å². The Labute approximate surface area is 115 Å². The number of carbonyl (C=O) groups excluding carboxylic acids is 1. The fourth-order valence-corrected chi connectivity index (χ4v) is 3.78. The van der Waals surface area contributed by atoms with Crippen LogP contribution in [0, 0.1) is 12.8 Å². The first kappa shape index (κ1) is 12.7. The maximum Gasteiger partial charge on any atom is 0.224 e. The average molecular weight is 257 g/mol. The van der Waals surface area contributed by atoms with Crippen molar-refractivity contribution in [3.63, 3.8) is 0 Å². The molecule has 2 aliphatic rings. The van der Waals surface area contributed by atoms with Crippen LogP contribution in [0.25, 0.3) is 0 Å². The molecule has 1 aliphatic heterocycles. The van der Waals surface area contributed by atoms with Crippen molar-refractivity contribution in [3.8, 4) is 0 Å². The van der Waals surface area contributed by atoms with Crippen molar-refractivity contribution < 1.29 is 4.79 Å². The summed E-state index contributed by atoms with van der Waals surface area (Å²) in [6.07, 6.45) is 8.49. The Morgan fingerprint density at radius 1 is 1.11 bits per heavy atom. The highest BCUT2D eigenvalue weighted by Crippen LogP contribution is 2.42. The third-order valence-electron chi connectivity index (χ3n) is 4.78. The Morgan fingerprint density at radius 3 is 2.68 bits per heavy atom. The molecule has 1 amide bonds. The van der Waals surface area contributed by atoms with Crippen molar-refractivity contribution in [3.05, 3.63) is 29.3 Å². The van der Waals surface area contributed by atoms with Crippen molar-refractivity contribution in [2.45, 2.75) is 57.8 Å². The summed E-state index contributed by atoms with van der Waals surface area (Å²) in [4.78, 5) is 11.9. The first-order valence-corrected chi connectivity index (χ1v) is 7.64. The van der Waals surface area contributed by atoms with Crippen LogP contribution in [0.3, 0.4) is 0 Å². The van der Waals surface area contributed by atoms with Gasteiger partial charge in [0.15, 0.2) is 0 Å². The van der Waals surface area contributed by atoms with Gasteiger partial charge in [-0.15, -0.1) is 0 Å². The van der Waals surface area contributed by atoms with Crippen LogP contribution in [0.4, 0.5) is 5.69 Å². The number of amides is 1. The first-order chi connectivity index (χ1) is 9.24. The second-order valence-electron chi connectivity index (χ2n) is 6.18. The highest BCUT2D eigenvalue weighted by Gasteiger charge is 2.29. The largest absolute Gasteiger partial charge is 0.326 e. The van der Waals surface area contributed by atoms with Gasteiger partial charge in [0, 0.05) is 12.1 Å². The van der Waals surface area contributed by atoms with Gasteiger partial charge in [0.2, 0.25) is 5.91 Å². The quantitative estimate of drug-likeness (QED) is 0.794. The number of benzene rings is 1. The minimum Gasteiger partial charge on any atom is -0.326 e. The number of fused-ring (bicyclic) bond motifs is 1. The van der Waals surface area contributed by atoms with E-state index in [2.05, 4.69) is 30.4 Å². The van der Waals surface area contributed by atoms with Crippen LogP contribution < -0.4 is 5.32 Å². The Hall–Kier alpha value is -1.31. The number of rotatable bonds is 1. The lowest BCUT2D eigenvalue weighted by molar-refractivity contribution is -0.116. The molecule has 1 heterocycles. The van der Waals surface area contributed by atoms with Gasteiger partial charge >= 0.3 is 0 Å². The number of aryl methyl sites for hydroxylation is 1. The van der Waals surface area contributed by atoms with Gasteiger partial charge in [-0.3, -0.25) is 4.79 Å². The zero-order valence-corrected chi connectivity index (χ0v) is 11.7. The van der Waals surface area contributed by atoms with Gasteiger partial charge in [-0.05, 0) is 55.2 Å². The molecule has 0 aromatic heterocycles. The van der Waals surface area contributed by atoms with E-state index < -0.39 is 0 Å². The molecule has 1 aromatic carbocycles. The molecule has 1 aliphatic carbocycles. The van der Waals surface area contributed by atoms with Crippen LogP contribution in [0.1, 0.15) is 62.0 Å². The molecule has 2 heteroatoms. The summed E-state index contributed by atoms with van der Waals surface area (Å²) in [5.74, 6) is 1.54. The van der Waals surface area contributed by atoms with Gasteiger partial charge in [-0.2, -0.15) is 0 Å². The van der Waals surface area contributed by atoms with E-state index in [0.717, 1.165) is 18.0 Å². The molecule has 0 saturated heterocycles. The van der Waals surface area contributed by atoms with Gasteiger partial charge in [0.05, 0.1) is 0 Å². The van der Waals surface area contributed by atoms with Crippen molar-refractivity contribution in [1.82, 2.24) is 0 Å². The van der Waals surface area contributed by atoms with E-state index in [1.807, 2.05) is 0 Å². The Balaban J connectivity index is 1.94.